The Hall–Kier alpha value is -2.08. The average Bonchev–Trinajstić information content (AvgIpc) is 2.44. The van der Waals surface area contributed by atoms with Gasteiger partial charge in [-0.15, -0.1) is 0 Å². The van der Waals surface area contributed by atoms with E-state index >= 15 is 0 Å². The Bertz CT molecular complexity index is 660. The fourth-order valence-electron chi connectivity index (χ4n) is 2.31. The highest BCUT2D eigenvalue weighted by molar-refractivity contribution is 5.73. The predicted molar refractivity (Wildman–Crippen MR) is 84.4 cm³/mol. The zero-order valence-electron chi connectivity index (χ0n) is 11.5. The van der Waals surface area contributed by atoms with Crippen molar-refractivity contribution in [2.45, 2.75) is 19.8 Å². The van der Waals surface area contributed by atoms with Gasteiger partial charge in [-0.2, -0.15) is 0 Å². The van der Waals surface area contributed by atoms with Crippen molar-refractivity contribution in [1.82, 2.24) is 0 Å². The van der Waals surface area contributed by atoms with E-state index in [1.165, 1.54) is 17.5 Å². The van der Waals surface area contributed by atoms with Crippen LogP contribution in [0.3, 0.4) is 0 Å². The molecule has 0 unspecified atom stereocenters. The van der Waals surface area contributed by atoms with Crippen LogP contribution in [0.15, 0.2) is 61.2 Å². The minimum absolute atomic E-state index is 1.04. The lowest BCUT2D eigenvalue weighted by Gasteiger charge is -2.05. The van der Waals surface area contributed by atoms with Gasteiger partial charge in [-0.1, -0.05) is 81.1 Å². The van der Waals surface area contributed by atoms with Crippen LogP contribution in [0.2, 0.25) is 0 Å². The molecule has 0 aliphatic heterocycles. The molecule has 0 nitrogen and oxygen atoms in total. The summed E-state index contributed by atoms with van der Waals surface area (Å²) >= 11 is 0. The Morgan fingerprint density at radius 3 is 2.32 bits per heavy atom. The molecule has 0 aliphatic carbocycles. The number of benzene rings is 2. The number of rotatable bonds is 4. The van der Waals surface area contributed by atoms with Crippen LogP contribution in [-0.4, -0.2) is 0 Å². The standard InChI is InChI=1S/C19H20/c1-4-8-16-11-13-17(14-12-16)18(5-2)19-10-7-6-9-15(19)3/h5-7,9-14H,2-4,8H2,1H3/b19-18+. The van der Waals surface area contributed by atoms with E-state index < -0.39 is 0 Å². The maximum Gasteiger partial charge on any atom is -0.0112 e. The third-order valence-corrected chi connectivity index (χ3v) is 3.32. The lowest BCUT2D eigenvalue weighted by molar-refractivity contribution is 0.922. The lowest BCUT2D eigenvalue weighted by atomic mass is 9.99. The molecule has 0 heteroatoms. The molecule has 0 N–H and O–H groups in total. The summed E-state index contributed by atoms with van der Waals surface area (Å²) in [6, 6.07) is 16.9. The third kappa shape index (κ3) is 3.03. The summed E-state index contributed by atoms with van der Waals surface area (Å²) in [7, 11) is 0. The molecule has 0 aliphatic rings. The molecule has 0 bridgehead atoms. The second kappa shape index (κ2) is 6.19. The van der Waals surface area contributed by atoms with Gasteiger partial charge in [-0.25, -0.2) is 0 Å². The summed E-state index contributed by atoms with van der Waals surface area (Å²) in [5, 5.41) is 2.19. The van der Waals surface area contributed by atoms with Crippen LogP contribution in [0, 0.1) is 0 Å². The monoisotopic (exact) mass is 248 g/mol. The smallest absolute Gasteiger partial charge is 0.0112 e. The average molecular weight is 248 g/mol. The minimum atomic E-state index is 1.04. The van der Waals surface area contributed by atoms with Crippen molar-refractivity contribution in [2.24, 2.45) is 0 Å². The summed E-state index contributed by atoms with van der Waals surface area (Å²) in [4.78, 5) is 0. The first-order chi connectivity index (χ1) is 9.26. The van der Waals surface area contributed by atoms with Crippen LogP contribution in [0.4, 0.5) is 0 Å². The molecule has 0 spiro atoms. The van der Waals surface area contributed by atoms with Crippen LogP contribution < -0.4 is 10.4 Å². The molecule has 96 valence electrons. The molecule has 0 aromatic heterocycles. The maximum absolute atomic E-state index is 4.09. The molecule has 2 aromatic carbocycles. The first kappa shape index (κ1) is 13.4. The Balaban J connectivity index is 2.55. The molecule has 19 heavy (non-hydrogen) atoms. The second-order valence-corrected chi connectivity index (χ2v) is 4.72. The number of allylic oxidation sites excluding steroid dienone is 1. The van der Waals surface area contributed by atoms with Gasteiger partial charge < -0.3 is 0 Å². The summed E-state index contributed by atoms with van der Waals surface area (Å²) < 4.78 is 0. The first-order valence-corrected chi connectivity index (χ1v) is 6.76. The van der Waals surface area contributed by atoms with E-state index in [9.17, 15) is 0 Å². The van der Waals surface area contributed by atoms with Crippen molar-refractivity contribution >= 4 is 12.2 Å². The van der Waals surface area contributed by atoms with Crippen molar-refractivity contribution in [1.29, 1.82) is 0 Å². The molecule has 2 aromatic rings. The predicted octanol–water partition coefficient (Wildman–Crippen LogP) is 3.43. The van der Waals surface area contributed by atoms with Crippen molar-refractivity contribution in [2.75, 3.05) is 0 Å². The normalized spacial score (nSPS) is 12.1. The third-order valence-electron chi connectivity index (χ3n) is 3.32. The molecule has 0 fully saturated rings. The van der Waals surface area contributed by atoms with Crippen molar-refractivity contribution in [3.63, 3.8) is 0 Å². The minimum Gasteiger partial charge on any atom is -0.0984 e. The van der Waals surface area contributed by atoms with E-state index in [1.807, 2.05) is 24.3 Å². The molecule has 0 heterocycles. The quantitative estimate of drug-likeness (QED) is 0.777. The van der Waals surface area contributed by atoms with E-state index in [-0.39, 0.29) is 0 Å². The molecule has 0 saturated heterocycles. The number of aryl methyl sites for hydroxylation is 1. The van der Waals surface area contributed by atoms with Gasteiger partial charge in [0.15, 0.2) is 0 Å². The second-order valence-electron chi connectivity index (χ2n) is 4.72. The Morgan fingerprint density at radius 1 is 1.05 bits per heavy atom. The summed E-state index contributed by atoms with van der Waals surface area (Å²) in [5.74, 6) is 0. The molecule has 0 amide bonds. The number of hydrogen-bond donors (Lipinski definition) is 0. The van der Waals surface area contributed by atoms with Gasteiger partial charge in [0, 0.05) is 0 Å². The molecular formula is C19H20. The van der Waals surface area contributed by atoms with Crippen molar-refractivity contribution < 1.29 is 0 Å². The Morgan fingerprint density at radius 2 is 1.74 bits per heavy atom. The van der Waals surface area contributed by atoms with Crippen molar-refractivity contribution in [3.8, 4) is 0 Å². The zero-order valence-corrected chi connectivity index (χ0v) is 11.5. The Kier molecular flexibility index (Phi) is 4.35. The lowest BCUT2D eigenvalue weighted by Crippen LogP contribution is -2.24. The maximum atomic E-state index is 4.09. The van der Waals surface area contributed by atoms with E-state index in [0.717, 1.165) is 22.4 Å². The van der Waals surface area contributed by atoms with Crippen molar-refractivity contribution in [3.05, 3.63) is 82.8 Å². The highest BCUT2D eigenvalue weighted by atomic mass is 14.0. The van der Waals surface area contributed by atoms with Gasteiger partial charge in [0.1, 0.15) is 0 Å². The number of hydrogen-bond acceptors (Lipinski definition) is 0. The Labute approximate surface area is 115 Å². The molecule has 0 radical (unpaired) electrons. The van der Waals surface area contributed by atoms with Gasteiger partial charge in [-0.05, 0) is 33.6 Å². The van der Waals surface area contributed by atoms with Gasteiger partial charge in [0.25, 0.3) is 0 Å². The summed E-state index contributed by atoms with van der Waals surface area (Å²) in [6.45, 7) is 10.2. The highest BCUT2D eigenvalue weighted by Crippen LogP contribution is 2.14. The molecule has 2 rings (SSSR count). The van der Waals surface area contributed by atoms with E-state index in [0.29, 0.717) is 0 Å². The first-order valence-electron chi connectivity index (χ1n) is 6.76. The summed E-state index contributed by atoms with van der Waals surface area (Å²) in [6.07, 6.45) is 4.23. The van der Waals surface area contributed by atoms with Gasteiger partial charge in [0.05, 0.1) is 0 Å². The van der Waals surface area contributed by atoms with Crippen LogP contribution >= 0.6 is 0 Å². The SMILES string of the molecule is C=C/C(c1ccc(CCC)cc1)=c1/ccccc1=C. The fraction of sp³-hybridized carbons (Fsp3) is 0.158. The summed E-state index contributed by atoms with van der Waals surface area (Å²) in [5.41, 5.74) is 3.73. The molecular weight excluding hydrogens is 228 g/mol. The van der Waals surface area contributed by atoms with E-state index in [4.69, 9.17) is 0 Å². The topological polar surface area (TPSA) is 0 Å². The highest BCUT2D eigenvalue weighted by Gasteiger charge is 2.00. The largest absolute Gasteiger partial charge is 0.0984 e. The fourth-order valence-corrected chi connectivity index (χ4v) is 2.31. The van der Waals surface area contributed by atoms with Crippen LogP contribution in [-0.2, 0) is 6.42 Å². The van der Waals surface area contributed by atoms with Crippen LogP contribution in [0.1, 0.15) is 24.5 Å². The zero-order chi connectivity index (χ0) is 13.7. The van der Waals surface area contributed by atoms with Crippen LogP contribution in [0.5, 0.6) is 0 Å². The van der Waals surface area contributed by atoms with Crippen LogP contribution in [0.25, 0.3) is 12.2 Å². The van der Waals surface area contributed by atoms with Gasteiger partial charge in [-0.3, -0.25) is 0 Å². The molecule has 0 atom stereocenters. The van der Waals surface area contributed by atoms with Gasteiger partial charge >= 0.3 is 0 Å². The van der Waals surface area contributed by atoms with Gasteiger partial charge in [0.2, 0.25) is 0 Å². The van der Waals surface area contributed by atoms with E-state index in [1.54, 1.807) is 0 Å². The molecule has 0 saturated carbocycles. The van der Waals surface area contributed by atoms with E-state index in [2.05, 4.69) is 50.4 Å².